The molecule has 0 unspecified atom stereocenters. The molecule has 8 heteroatoms. The molecule has 0 amide bonds. The van der Waals surface area contributed by atoms with Crippen molar-refractivity contribution >= 4 is 32.7 Å². The number of nitrogens with two attached hydrogens (primary N) is 1. The van der Waals surface area contributed by atoms with E-state index in [4.69, 9.17) is 10.3 Å². The highest BCUT2D eigenvalue weighted by atomic mass is 32.2. The molecule has 4 rings (SSSR count). The standard InChI is InChI=1S/C20H15N3O4S/c21-15-9-5-14(6-10-15)20(24)23-18-4-2-1-3-17(18)22-19(23)13-7-11-16(12-8-13)28(25,26)27/h1-12H,21H2,(H,25,26,27). The van der Waals surface area contributed by atoms with Gasteiger partial charge in [0, 0.05) is 16.8 Å². The molecule has 0 aliphatic rings. The Morgan fingerprint density at radius 1 is 0.929 bits per heavy atom. The fourth-order valence-corrected chi connectivity index (χ4v) is 3.44. The molecule has 0 aliphatic heterocycles. The Morgan fingerprint density at radius 2 is 1.57 bits per heavy atom. The summed E-state index contributed by atoms with van der Waals surface area (Å²) in [7, 11) is -4.31. The molecule has 0 aliphatic carbocycles. The minimum Gasteiger partial charge on any atom is -0.399 e. The Hall–Kier alpha value is -3.49. The Morgan fingerprint density at radius 3 is 2.21 bits per heavy atom. The van der Waals surface area contributed by atoms with Crippen molar-refractivity contribution in [3.63, 3.8) is 0 Å². The molecule has 1 aromatic heterocycles. The van der Waals surface area contributed by atoms with Crippen LogP contribution in [0.3, 0.4) is 0 Å². The lowest BCUT2D eigenvalue weighted by Crippen LogP contribution is -2.13. The minimum absolute atomic E-state index is 0.233. The molecule has 140 valence electrons. The van der Waals surface area contributed by atoms with Crippen molar-refractivity contribution in [1.29, 1.82) is 0 Å². The quantitative estimate of drug-likeness (QED) is 0.408. The zero-order valence-electron chi connectivity index (χ0n) is 14.5. The molecular weight excluding hydrogens is 378 g/mol. The molecule has 0 bridgehead atoms. The van der Waals surface area contributed by atoms with E-state index in [9.17, 15) is 13.2 Å². The number of carbonyl (C=O) groups excluding carboxylic acids is 1. The molecule has 0 fully saturated rings. The van der Waals surface area contributed by atoms with Crippen molar-refractivity contribution in [3.05, 3.63) is 78.4 Å². The van der Waals surface area contributed by atoms with Crippen LogP contribution >= 0.6 is 0 Å². The number of carbonyl (C=O) groups is 1. The molecule has 3 aromatic carbocycles. The van der Waals surface area contributed by atoms with Gasteiger partial charge in [-0.25, -0.2) is 4.98 Å². The van der Waals surface area contributed by atoms with E-state index in [0.717, 1.165) is 0 Å². The molecule has 0 atom stereocenters. The van der Waals surface area contributed by atoms with Crippen LogP contribution in [0, 0.1) is 0 Å². The fraction of sp³-hybridized carbons (Fsp3) is 0. The summed E-state index contributed by atoms with van der Waals surface area (Å²) in [6.45, 7) is 0. The lowest BCUT2D eigenvalue weighted by atomic mass is 10.1. The Bertz CT molecular complexity index is 1290. The Balaban J connectivity index is 1.90. The van der Waals surface area contributed by atoms with Gasteiger partial charge in [-0.1, -0.05) is 12.1 Å². The number of hydrogen-bond acceptors (Lipinski definition) is 5. The van der Waals surface area contributed by atoms with Gasteiger partial charge in [0.15, 0.2) is 0 Å². The van der Waals surface area contributed by atoms with Crippen molar-refractivity contribution < 1.29 is 17.8 Å². The van der Waals surface area contributed by atoms with Crippen LogP contribution in [0.4, 0.5) is 5.69 Å². The molecule has 28 heavy (non-hydrogen) atoms. The number of aromatic nitrogens is 2. The van der Waals surface area contributed by atoms with E-state index in [1.807, 2.05) is 12.1 Å². The van der Waals surface area contributed by atoms with Crippen LogP contribution in [0.5, 0.6) is 0 Å². The summed E-state index contributed by atoms with van der Waals surface area (Å²) < 4.78 is 33.2. The van der Waals surface area contributed by atoms with Crippen LogP contribution in [0.25, 0.3) is 22.4 Å². The zero-order chi connectivity index (χ0) is 19.9. The summed E-state index contributed by atoms with van der Waals surface area (Å²) in [5, 5.41) is 0. The zero-order valence-corrected chi connectivity index (χ0v) is 15.3. The fourth-order valence-electron chi connectivity index (χ4n) is 2.96. The average molecular weight is 393 g/mol. The molecule has 4 aromatic rings. The maximum atomic E-state index is 13.2. The van der Waals surface area contributed by atoms with Gasteiger partial charge in [0.2, 0.25) is 0 Å². The SMILES string of the molecule is Nc1ccc(C(=O)n2c(-c3ccc(S(=O)(=O)O)cc3)nc3ccccc32)cc1. The number of para-hydroxylation sites is 2. The number of imidazole rings is 1. The van der Waals surface area contributed by atoms with Crippen molar-refractivity contribution in [2.24, 2.45) is 0 Å². The van der Waals surface area contributed by atoms with Gasteiger partial charge in [-0.3, -0.25) is 13.9 Å². The van der Waals surface area contributed by atoms with Gasteiger partial charge >= 0.3 is 0 Å². The van der Waals surface area contributed by atoms with Crippen molar-refractivity contribution in [2.75, 3.05) is 5.73 Å². The maximum Gasteiger partial charge on any atom is 0.294 e. The molecule has 7 nitrogen and oxygen atoms in total. The number of nitrogens with zero attached hydrogens (tertiary/aromatic N) is 2. The van der Waals surface area contributed by atoms with Crippen LogP contribution < -0.4 is 5.73 Å². The first-order valence-electron chi connectivity index (χ1n) is 8.30. The summed E-state index contributed by atoms with van der Waals surface area (Å²) in [5.74, 6) is 0.0764. The normalized spacial score (nSPS) is 11.6. The van der Waals surface area contributed by atoms with Crippen molar-refractivity contribution in [1.82, 2.24) is 9.55 Å². The van der Waals surface area contributed by atoms with Gasteiger partial charge in [0.25, 0.3) is 16.0 Å². The highest BCUT2D eigenvalue weighted by Gasteiger charge is 2.20. The van der Waals surface area contributed by atoms with Gasteiger partial charge in [0.05, 0.1) is 15.9 Å². The number of benzene rings is 3. The first-order chi connectivity index (χ1) is 13.3. The second-order valence-electron chi connectivity index (χ2n) is 6.19. The van der Waals surface area contributed by atoms with Crippen LogP contribution in [-0.4, -0.2) is 28.4 Å². The third kappa shape index (κ3) is 3.15. The number of fused-ring (bicyclic) bond motifs is 1. The summed E-state index contributed by atoms with van der Waals surface area (Å²) in [5.41, 5.74) is 8.48. The van der Waals surface area contributed by atoms with Gasteiger partial charge in [-0.15, -0.1) is 0 Å². The molecular formula is C20H15N3O4S. The monoisotopic (exact) mass is 393 g/mol. The minimum atomic E-state index is -4.31. The summed E-state index contributed by atoms with van der Waals surface area (Å²) in [4.78, 5) is 17.5. The smallest absolute Gasteiger partial charge is 0.294 e. The first kappa shape index (κ1) is 17.9. The van der Waals surface area contributed by atoms with Gasteiger partial charge in [-0.2, -0.15) is 8.42 Å². The van der Waals surface area contributed by atoms with E-state index >= 15 is 0 Å². The van der Waals surface area contributed by atoms with Crippen LogP contribution in [0.2, 0.25) is 0 Å². The number of hydrogen-bond donors (Lipinski definition) is 2. The summed E-state index contributed by atoms with van der Waals surface area (Å²) >= 11 is 0. The largest absolute Gasteiger partial charge is 0.399 e. The number of anilines is 1. The maximum absolute atomic E-state index is 13.2. The van der Waals surface area contributed by atoms with E-state index in [-0.39, 0.29) is 10.8 Å². The molecule has 0 saturated carbocycles. The van der Waals surface area contributed by atoms with Crippen LogP contribution in [0.1, 0.15) is 10.4 Å². The molecule has 0 radical (unpaired) electrons. The number of rotatable bonds is 3. The topological polar surface area (TPSA) is 115 Å². The van der Waals surface area contributed by atoms with E-state index in [1.54, 1.807) is 36.4 Å². The lowest BCUT2D eigenvalue weighted by molar-refractivity contribution is 0.0966. The highest BCUT2D eigenvalue weighted by Crippen LogP contribution is 2.27. The van der Waals surface area contributed by atoms with E-state index in [2.05, 4.69) is 4.98 Å². The summed E-state index contributed by atoms with van der Waals surface area (Å²) in [6.07, 6.45) is 0. The number of nitrogen functional groups attached to an aromatic ring is 1. The Labute approximate surface area is 160 Å². The van der Waals surface area contributed by atoms with Gasteiger partial charge < -0.3 is 5.73 Å². The van der Waals surface area contributed by atoms with E-state index in [1.165, 1.54) is 28.8 Å². The van der Waals surface area contributed by atoms with Crippen LogP contribution in [-0.2, 0) is 10.1 Å². The van der Waals surface area contributed by atoms with Gasteiger partial charge in [-0.05, 0) is 60.7 Å². The first-order valence-corrected chi connectivity index (χ1v) is 9.74. The molecule has 3 N–H and O–H groups in total. The molecule has 0 spiro atoms. The van der Waals surface area contributed by atoms with E-state index in [0.29, 0.717) is 33.7 Å². The third-order valence-electron chi connectivity index (χ3n) is 4.33. The molecule has 1 heterocycles. The predicted molar refractivity (Wildman–Crippen MR) is 106 cm³/mol. The third-order valence-corrected chi connectivity index (χ3v) is 5.20. The lowest BCUT2D eigenvalue weighted by Gasteiger charge is -2.09. The van der Waals surface area contributed by atoms with Crippen LogP contribution in [0.15, 0.2) is 77.7 Å². The molecule has 0 saturated heterocycles. The average Bonchev–Trinajstić information content (AvgIpc) is 3.07. The Kier molecular flexibility index (Phi) is 4.21. The second-order valence-corrected chi connectivity index (χ2v) is 7.61. The van der Waals surface area contributed by atoms with Crippen molar-refractivity contribution in [2.45, 2.75) is 4.90 Å². The van der Waals surface area contributed by atoms with Gasteiger partial charge in [0.1, 0.15) is 5.82 Å². The highest BCUT2D eigenvalue weighted by molar-refractivity contribution is 7.85. The second kappa shape index (κ2) is 6.59. The predicted octanol–water partition coefficient (Wildman–Crippen LogP) is 3.22. The van der Waals surface area contributed by atoms with Crippen molar-refractivity contribution in [3.8, 4) is 11.4 Å². The van der Waals surface area contributed by atoms with E-state index < -0.39 is 10.1 Å². The summed E-state index contributed by atoms with van der Waals surface area (Å²) in [6, 6.07) is 19.3.